The molecule has 18 heteroatoms. The van der Waals surface area contributed by atoms with E-state index in [2.05, 4.69) is 39.9 Å². The molecule has 3 aromatic rings. The zero-order chi connectivity index (χ0) is 30.4. The number of rotatable bonds is 8. The van der Waals surface area contributed by atoms with Gasteiger partial charge in [-0.3, -0.25) is 9.59 Å². The van der Waals surface area contributed by atoms with Crippen LogP contribution in [0.4, 0.5) is 38.0 Å². The number of ether oxygens (including phenoxy) is 2. The number of amides is 1. The van der Waals surface area contributed by atoms with Gasteiger partial charge in [-0.2, -0.15) is 15.0 Å². The second-order valence-electron chi connectivity index (χ2n) is 10.2. The maximum Gasteiger partial charge on any atom is 0.586 e. The van der Waals surface area contributed by atoms with Crippen LogP contribution in [-0.4, -0.2) is 71.3 Å². The van der Waals surface area contributed by atoms with Crippen molar-refractivity contribution in [3.63, 3.8) is 0 Å². The van der Waals surface area contributed by atoms with Crippen LogP contribution in [0.5, 0.6) is 11.5 Å². The maximum absolute atomic E-state index is 13.2. The van der Waals surface area contributed by atoms with Crippen LogP contribution in [0.1, 0.15) is 54.6 Å². The molecule has 1 aromatic heterocycles. The molecular formula is C29H51ClF2N10O5. The average molecular weight is 693 g/mol. The Balaban J connectivity index is -0.00000109. The number of hydrogen-bond acceptors (Lipinski definition) is 14. The number of ketones is 1. The number of alkyl halides is 2. The SMILES string of the molecule is CO.Cl.N.N.N.O=C(CC(=O)c1ccc(Nc2nc(N3CCCCC3)nc(N3CCCC3)n2)cc1)Nc1ccc2c(c1)OC(F)(F)O2.[HH].[HH].[HH].[HH]. The first kappa shape index (κ1) is 40.6. The summed E-state index contributed by atoms with van der Waals surface area (Å²) in [7, 11) is 1.00. The molecule has 4 heterocycles. The molecular weight excluding hydrogens is 642 g/mol. The second-order valence-corrected chi connectivity index (χ2v) is 10.2. The number of hydrogen-bond donors (Lipinski definition) is 6. The van der Waals surface area contributed by atoms with E-state index in [4.69, 9.17) is 10.1 Å². The Bertz CT molecular complexity index is 1480. The van der Waals surface area contributed by atoms with Crippen molar-refractivity contribution < 1.29 is 38.7 Å². The third-order valence-corrected chi connectivity index (χ3v) is 7.11. The van der Waals surface area contributed by atoms with E-state index in [1.165, 1.54) is 24.6 Å². The third-order valence-electron chi connectivity index (χ3n) is 7.11. The van der Waals surface area contributed by atoms with Gasteiger partial charge in [-0.15, -0.1) is 21.2 Å². The lowest BCUT2D eigenvalue weighted by Gasteiger charge is -2.27. The molecule has 0 saturated carbocycles. The molecule has 2 saturated heterocycles. The van der Waals surface area contributed by atoms with Crippen molar-refractivity contribution in [3.05, 3.63) is 48.0 Å². The summed E-state index contributed by atoms with van der Waals surface area (Å²) in [6.07, 6.45) is 1.46. The van der Waals surface area contributed by atoms with Crippen LogP contribution in [0, 0.1) is 0 Å². The number of aliphatic hydroxyl groups excluding tert-OH is 1. The Morgan fingerprint density at radius 3 is 1.89 bits per heavy atom. The van der Waals surface area contributed by atoms with Gasteiger partial charge < -0.3 is 53.5 Å². The molecule has 6 rings (SSSR count). The highest BCUT2D eigenvalue weighted by Gasteiger charge is 2.43. The molecule has 0 unspecified atom stereocenters. The number of aromatic nitrogens is 3. The Kier molecular flexibility index (Phi) is 15.6. The van der Waals surface area contributed by atoms with Crippen LogP contribution < -0.4 is 48.4 Å². The van der Waals surface area contributed by atoms with Gasteiger partial charge in [-0.05, 0) is 68.5 Å². The summed E-state index contributed by atoms with van der Waals surface area (Å²) in [4.78, 5) is 43.6. The van der Waals surface area contributed by atoms with E-state index in [1.807, 2.05) is 0 Å². The van der Waals surface area contributed by atoms with Gasteiger partial charge in [0.05, 0.1) is 6.42 Å². The summed E-state index contributed by atoms with van der Waals surface area (Å²) in [5, 5.41) is 12.8. The van der Waals surface area contributed by atoms with Crippen molar-refractivity contribution in [3.8, 4) is 11.5 Å². The van der Waals surface area contributed by atoms with Crippen LogP contribution in [0.2, 0.25) is 0 Å². The summed E-state index contributed by atoms with van der Waals surface area (Å²) in [5.74, 6) is 0.439. The van der Waals surface area contributed by atoms with E-state index in [0.717, 1.165) is 59.0 Å². The number of anilines is 5. The monoisotopic (exact) mass is 692 g/mol. The van der Waals surface area contributed by atoms with Gasteiger partial charge in [-0.25, -0.2) is 0 Å². The first-order valence-corrected chi connectivity index (χ1v) is 14.1. The first-order chi connectivity index (χ1) is 20.8. The topological polar surface area (TPSA) is 247 Å². The smallest absolute Gasteiger partial charge is 0.400 e. The van der Waals surface area contributed by atoms with Crippen molar-refractivity contribution in [1.29, 1.82) is 0 Å². The molecule has 2 fully saturated rings. The molecule has 0 spiro atoms. The predicted molar refractivity (Wildman–Crippen MR) is 186 cm³/mol. The minimum absolute atomic E-state index is 0. The van der Waals surface area contributed by atoms with Crippen LogP contribution in [0.3, 0.4) is 0 Å². The van der Waals surface area contributed by atoms with Gasteiger partial charge in [0.1, 0.15) is 0 Å². The number of nitrogens with zero attached hydrogens (tertiary/aromatic N) is 5. The number of fused-ring (bicyclic) bond motifs is 1. The Morgan fingerprint density at radius 1 is 0.809 bits per heavy atom. The molecule has 12 N–H and O–H groups in total. The zero-order valence-corrected chi connectivity index (χ0v) is 27.0. The van der Waals surface area contributed by atoms with E-state index in [0.29, 0.717) is 29.1 Å². The zero-order valence-electron chi connectivity index (χ0n) is 26.2. The maximum atomic E-state index is 13.2. The van der Waals surface area contributed by atoms with Crippen molar-refractivity contribution >= 4 is 53.3 Å². The summed E-state index contributed by atoms with van der Waals surface area (Å²) in [6, 6.07) is 10.6. The van der Waals surface area contributed by atoms with Gasteiger partial charge in [0.25, 0.3) is 0 Å². The lowest BCUT2D eigenvalue weighted by molar-refractivity contribution is -0.286. The minimum Gasteiger partial charge on any atom is -0.400 e. The van der Waals surface area contributed by atoms with Crippen molar-refractivity contribution in [2.24, 2.45) is 0 Å². The number of nitrogens with one attached hydrogen (secondary N) is 2. The normalized spacial score (nSPS) is 15.3. The summed E-state index contributed by atoms with van der Waals surface area (Å²) in [5.41, 5.74) is 1.24. The molecule has 0 radical (unpaired) electrons. The van der Waals surface area contributed by atoms with E-state index >= 15 is 0 Å². The Labute approximate surface area is 283 Å². The molecule has 1 amide bonds. The van der Waals surface area contributed by atoms with E-state index in [-0.39, 0.29) is 53.8 Å². The molecule has 15 nitrogen and oxygen atoms in total. The standard InChI is InChI=1S/C28H29F2N7O4.CH4O.ClH.3H3N.4H2/c29-28(30)40-22-11-10-20(16-23(22)41-28)31-24(39)17-21(38)18-6-8-19(9-7-18)32-25-33-26(36-12-2-1-3-13-36)35-27(34-25)37-14-4-5-15-37;1-2;;;;;;;;/h6-11,16H,1-5,12-15,17H2,(H,31,39)(H,32,33,34,35);2H,1H3;1H;3*1H3;4*1H. The van der Waals surface area contributed by atoms with Crippen LogP contribution in [0.15, 0.2) is 42.5 Å². The number of Topliss-reactive ketones (excluding diaryl/α,β-unsaturated/α-hetero) is 1. The largest absolute Gasteiger partial charge is 0.586 e. The second kappa shape index (κ2) is 18.1. The molecule has 268 valence electrons. The fraction of sp³-hybridized carbons (Fsp3) is 0.414. The molecule has 3 aliphatic rings. The fourth-order valence-corrected chi connectivity index (χ4v) is 5.05. The van der Waals surface area contributed by atoms with Crippen molar-refractivity contribution in [1.82, 2.24) is 33.4 Å². The lowest BCUT2D eigenvalue weighted by Crippen LogP contribution is -2.32. The van der Waals surface area contributed by atoms with E-state index in [9.17, 15) is 18.4 Å². The Morgan fingerprint density at radius 2 is 1.32 bits per heavy atom. The van der Waals surface area contributed by atoms with E-state index < -0.39 is 24.4 Å². The predicted octanol–water partition coefficient (Wildman–Crippen LogP) is 6.24. The molecule has 47 heavy (non-hydrogen) atoms. The number of aliphatic hydroxyl groups is 1. The third kappa shape index (κ3) is 10.3. The molecule has 0 atom stereocenters. The van der Waals surface area contributed by atoms with Gasteiger partial charge in [0.2, 0.25) is 23.8 Å². The summed E-state index contributed by atoms with van der Waals surface area (Å²) in [6.45, 7) is 3.66. The molecule has 3 aliphatic heterocycles. The number of benzene rings is 2. The average Bonchev–Trinajstić information content (AvgIpc) is 3.66. The van der Waals surface area contributed by atoms with Crippen molar-refractivity contribution in [2.75, 3.05) is 53.7 Å². The van der Waals surface area contributed by atoms with Gasteiger partial charge >= 0.3 is 6.29 Å². The highest BCUT2D eigenvalue weighted by Crippen LogP contribution is 2.42. The van der Waals surface area contributed by atoms with Gasteiger partial charge in [-0.1, -0.05) is 0 Å². The lowest BCUT2D eigenvalue weighted by atomic mass is 10.1. The van der Waals surface area contributed by atoms with Crippen LogP contribution in [0.25, 0.3) is 0 Å². The first-order valence-electron chi connectivity index (χ1n) is 14.1. The highest BCUT2D eigenvalue weighted by atomic mass is 35.5. The molecule has 2 aromatic carbocycles. The van der Waals surface area contributed by atoms with Crippen LogP contribution in [-0.2, 0) is 4.79 Å². The fourth-order valence-electron chi connectivity index (χ4n) is 5.05. The van der Waals surface area contributed by atoms with Crippen LogP contribution >= 0.6 is 12.4 Å². The number of piperidine rings is 1. The highest BCUT2D eigenvalue weighted by molar-refractivity contribution is 6.11. The number of carbonyl (C=O) groups excluding carboxylic acids is 2. The van der Waals surface area contributed by atoms with Crippen molar-refractivity contribution in [2.45, 2.75) is 44.8 Å². The molecule has 0 aliphatic carbocycles. The number of halogens is 3. The Hall–Kier alpha value is -4.42. The quantitative estimate of drug-likeness (QED) is 0.113. The summed E-state index contributed by atoms with van der Waals surface area (Å²) >= 11 is 0. The van der Waals surface area contributed by atoms with Gasteiger partial charge in [0, 0.05) is 62.0 Å². The number of carbonyl (C=O) groups is 2. The molecule has 0 bridgehead atoms. The van der Waals surface area contributed by atoms with Gasteiger partial charge in [0.15, 0.2) is 17.3 Å². The minimum atomic E-state index is -3.75. The summed E-state index contributed by atoms with van der Waals surface area (Å²) < 4.78 is 35.2. The van der Waals surface area contributed by atoms with E-state index in [1.54, 1.807) is 24.3 Å².